The summed E-state index contributed by atoms with van der Waals surface area (Å²) in [4.78, 5) is 24.6. The number of benzene rings is 2. The Morgan fingerprint density at radius 1 is 1.14 bits per heavy atom. The topological polar surface area (TPSA) is 88.8 Å². The fourth-order valence-electron chi connectivity index (χ4n) is 3.37. The molecule has 3 aromatic rings. The number of nitrogens with one attached hydrogen (secondary N) is 1. The molecule has 0 saturated carbocycles. The van der Waals surface area contributed by atoms with Crippen LogP contribution in [0.25, 0.3) is 11.0 Å². The minimum atomic E-state index is -0.465. The molecule has 29 heavy (non-hydrogen) atoms. The van der Waals surface area contributed by atoms with Gasteiger partial charge in [-0.2, -0.15) is 0 Å². The third kappa shape index (κ3) is 4.59. The summed E-state index contributed by atoms with van der Waals surface area (Å²) in [6.45, 7) is 4.05. The summed E-state index contributed by atoms with van der Waals surface area (Å²) in [7, 11) is 1.62. The highest BCUT2D eigenvalue weighted by molar-refractivity contribution is 5.85. The Bertz CT molecular complexity index is 1100. The smallest absolute Gasteiger partial charge is 0.339 e. The zero-order valence-corrected chi connectivity index (χ0v) is 16.9. The van der Waals surface area contributed by atoms with Gasteiger partial charge in [0.25, 0.3) is 0 Å². The summed E-state index contributed by atoms with van der Waals surface area (Å²) in [6, 6.07) is 11.0. The van der Waals surface area contributed by atoms with Crippen LogP contribution in [0.5, 0.6) is 11.5 Å². The maximum Gasteiger partial charge on any atom is 0.339 e. The quantitative estimate of drug-likeness (QED) is 0.599. The Balaban J connectivity index is 1.62. The van der Waals surface area contributed by atoms with Gasteiger partial charge in [-0.05, 0) is 62.1 Å². The zero-order chi connectivity index (χ0) is 21.0. The van der Waals surface area contributed by atoms with Crippen molar-refractivity contribution in [2.45, 2.75) is 33.1 Å². The minimum absolute atomic E-state index is 0.0863. The van der Waals surface area contributed by atoms with Gasteiger partial charge in [-0.15, -0.1) is 0 Å². The largest absolute Gasteiger partial charge is 0.508 e. The average molecular weight is 395 g/mol. The second-order valence-electron chi connectivity index (χ2n) is 7.03. The Morgan fingerprint density at radius 3 is 2.69 bits per heavy atom. The maximum absolute atomic E-state index is 12.4. The molecule has 0 saturated heterocycles. The monoisotopic (exact) mass is 395 g/mol. The molecule has 0 aliphatic heterocycles. The molecule has 1 heterocycles. The standard InChI is InChI=1S/C23H25NO5/c1-14-18-7-9-20(25)15(2)22(18)29-23(27)19(14)8-10-21(26)24-12-11-16-5-4-6-17(13-16)28-3/h4-7,9,13,25H,8,10-12H2,1-3H3,(H,24,26). The predicted octanol–water partition coefficient (Wildman–Crippen LogP) is 3.42. The van der Waals surface area contributed by atoms with E-state index in [1.807, 2.05) is 31.2 Å². The van der Waals surface area contributed by atoms with Crippen LogP contribution in [0.1, 0.15) is 28.7 Å². The number of hydrogen-bond acceptors (Lipinski definition) is 5. The highest BCUT2D eigenvalue weighted by Crippen LogP contribution is 2.28. The van der Waals surface area contributed by atoms with Gasteiger partial charge >= 0.3 is 5.63 Å². The number of fused-ring (bicyclic) bond motifs is 1. The van der Waals surface area contributed by atoms with E-state index >= 15 is 0 Å². The van der Waals surface area contributed by atoms with E-state index in [1.165, 1.54) is 0 Å². The Kier molecular flexibility index (Phi) is 6.22. The van der Waals surface area contributed by atoms with Crippen molar-refractivity contribution in [2.24, 2.45) is 0 Å². The fraction of sp³-hybridized carbons (Fsp3) is 0.304. The summed E-state index contributed by atoms with van der Waals surface area (Å²) < 4.78 is 10.6. The van der Waals surface area contributed by atoms with Crippen LogP contribution >= 0.6 is 0 Å². The number of carbonyl (C=O) groups is 1. The Labute approximate surface area is 169 Å². The van der Waals surface area contributed by atoms with Gasteiger partial charge in [0.2, 0.25) is 5.91 Å². The zero-order valence-electron chi connectivity index (χ0n) is 16.9. The molecule has 2 aromatic carbocycles. The molecule has 1 amide bonds. The first kappa shape index (κ1) is 20.5. The molecule has 0 aliphatic carbocycles. The predicted molar refractivity (Wildman–Crippen MR) is 112 cm³/mol. The number of aromatic hydroxyl groups is 1. The number of phenolic OH excluding ortho intramolecular Hbond substituents is 1. The Morgan fingerprint density at radius 2 is 1.93 bits per heavy atom. The van der Waals surface area contributed by atoms with E-state index in [9.17, 15) is 14.7 Å². The summed E-state index contributed by atoms with van der Waals surface area (Å²) in [5, 5.41) is 13.5. The molecule has 0 radical (unpaired) electrons. The third-order valence-electron chi connectivity index (χ3n) is 5.15. The van der Waals surface area contributed by atoms with Gasteiger partial charge in [0.05, 0.1) is 7.11 Å². The van der Waals surface area contributed by atoms with Crippen LogP contribution < -0.4 is 15.7 Å². The van der Waals surface area contributed by atoms with Gasteiger partial charge < -0.3 is 19.6 Å². The van der Waals surface area contributed by atoms with Crippen molar-refractivity contribution in [3.05, 3.63) is 69.1 Å². The van der Waals surface area contributed by atoms with E-state index in [0.717, 1.165) is 22.3 Å². The second-order valence-corrected chi connectivity index (χ2v) is 7.03. The second kappa shape index (κ2) is 8.82. The molecule has 6 nitrogen and oxygen atoms in total. The number of carbonyl (C=O) groups excluding carboxylic acids is 1. The van der Waals surface area contributed by atoms with Crippen LogP contribution in [0.4, 0.5) is 0 Å². The van der Waals surface area contributed by atoms with Gasteiger partial charge in [0.1, 0.15) is 17.1 Å². The maximum atomic E-state index is 12.4. The first-order chi connectivity index (χ1) is 13.9. The van der Waals surface area contributed by atoms with Crippen molar-refractivity contribution in [1.82, 2.24) is 5.32 Å². The van der Waals surface area contributed by atoms with Gasteiger partial charge in [-0.3, -0.25) is 4.79 Å². The number of methoxy groups -OCH3 is 1. The van der Waals surface area contributed by atoms with Crippen molar-refractivity contribution in [1.29, 1.82) is 0 Å². The highest BCUT2D eigenvalue weighted by Gasteiger charge is 2.15. The summed E-state index contributed by atoms with van der Waals surface area (Å²) in [6.07, 6.45) is 1.20. The molecule has 0 fully saturated rings. The molecule has 152 valence electrons. The summed E-state index contributed by atoms with van der Waals surface area (Å²) in [5.74, 6) is 0.757. The molecule has 0 bridgehead atoms. The number of ether oxygens (including phenoxy) is 1. The normalized spacial score (nSPS) is 10.9. The first-order valence-electron chi connectivity index (χ1n) is 9.55. The van der Waals surface area contributed by atoms with Crippen LogP contribution in [0.2, 0.25) is 0 Å². The lowest BCUT2D eigenvalue weighted by Crippen LogP contribution is -2.26. The van der Waals surface area contributed by atoms with Crippen molar-refractivity contribution in [2.75, 3.05) is 13.7 Å². The molecule has 1 aromatic heterocycles. The molecule has 3 rings (SSSR count). The average Bonchev–Trinajstić information content (AvgIpc) is 2.71. The van der Waals surface area contributed by atoms with E-state index in [-0.39, 0.29) is 18.1 Å². The number of hydrogen-bond donors (Lipinski definition) is 2. The van der Waals surface area contributed by atoms with E-state index in [4.69, 9.17) is 9.15 Å². The SMILES string of the molecule is COc1cccc(CCNC(=O)CCc2c(C)c3ccc(O)c(C)c3oc2=O)c1. The van der Waals surface area contributed by atoms with Crippen LogP contribution in [-0.4, -0.2) is 24.7 Å². The van der Waals surface area contributed by atoms with E-state index < -0.39 is 5.63 Å². The molecule has 6 heteroatoms. The lowest BCUT2D eigenvalue weighted by molar-refractivity contribution is -0.121. The molecular weight excluding hydrogens is 370 g/mol. The van der Waals surface area contributed by atoms with Crippen LogP contribution in [0.15, 0.2) is 45.6 Å². The number of aryl methyl sites for hydroxylation is 2. The minimum Gasteiger partial charge on any atom is -0.508 e. The lowest BCUT2D eigenvalue weighted by atomic mass is 10.0. The van der Waals surface area contributed by atoms with Gasteiger partial charge in [0, 0.05) is 29.5 Å². The van der Waals surface area contributed by atoms with Crippen molar-refractivity contribution in [3.63, 3.8) is 0 Å². The number of amides is 1. The molecule has 2 N–H and O–H groups in total. The molecule has 0 aliphatic rings. The van der Waals surface area contributed by atoms with Crippen molar-refractivity contribution < 1.29 is 19.1 Å². The highest BCUT2D eigenvalue weighted by atomic mass is 16.5. The molecule has 0 unspecified atom stereocenters. The summed E-state index contributed by atoms with van der Waals surface area (Å²) >= 11 is 0. The first-order valence-corrected chi connectivity index (χ1v) is 9.55. The Hall–Kier alpha value is -3.28. The molecule has 0 atom stereocenters. The van der Waals surface area contributed by atoms with Crippen LogP contribution in [0.3, 0.4) is 0 Å². The van der Waals surface area contributed by atoms with Gasteiger partial charge in [-0.1, -0.05) is 12.1 Å². The van der Waals surface area contributed by atoms with Gasteiger partial charge in [0.15, 0.2) is 0 Å². The van der Waals surface area contributed by atoms with E-state index in [0.29, 0.717) is 36.1 Å². The van der Waals surface area contributed by atoms with Crippen molar-refractivity contribution in [3.8, 4) is 11.5 Å². The lowest BCUT2D eigenvalue weighted by Gasteiger charge is -2.10. The van der Waals surface area contributed by atoms with Crippen LogP contribution in [0, 0.1) is 13.8 Å². The molecule has 0 spiro atoms. The van der Waals surface area contributed by atoms with Gasteiger partial charge in [-0.25, -0.2) is 4.79 Å². The summed E-state index contributed by atoms with van der Waals surface area (Å²) in [5.41, 5.74) is 2.81. The van der Waals surface area contributed by atoms with Crippen molar-refractivity contribution >= 4 is 16.9 Å². The van der Waals surface area contributed by atoms with Crippen LogP contribution in [-0.2, 0) is 17.6 Å². The fourth-order valence-corrected chi connectivity index (χ4v) is 3.37. The van der Waals surface area contributed by atoms with E-state index in [2.05, 4.69) is 5.32 Å². The third-order valence-corrected chi connectivity index (χ3v) is 5.15. The number of rotatable bonds is 7. The number of phenols is 1. The van der Waals surface area contributed by atoms with E-state index in [1.54, 1.807) is 26.2 Å². The molecular formula is C23H25NO5.